The van der Waals surface area contributed by atoms with E-state index < -0.39 is 0 Å². The van der Waals surface area contributed by atoms with Crippen molar-refractivity contribution in [2.75, 3.05) is 5.32 Å². The number of hydrogen-bond donors (Lipinski definition) is 1. The minimum absolute atomic E-state index is 0.294. The molecule has 0 aliphatic rings. The molecule has 0 aliphatic carbocycles. The molecular weight excluding hydrogens is 242 g/mol. The van der Waals surface area contributed by atoms with Gasteiger partial charge in [0.15, 0.2) is 0 Å². The number of benzene rings is 2. The third-order valence-corrected chi connectivity index (χ3v) is 4.45. The van der Waals surface area contributed by atoms with Gasteiger partial charge in [-0.05, 0) is 60.6 Å². The molecule has 0 radical (unpaired) electrons. The molecule has 0 saturated carbocycles. The van der Waals surface area contributed by atoms with Crippen molar-refractivity contribution in [3.05, 3.63) is 59.7 Å². The van der Waals surface area contributed by atoms with Gasteiger partial charge in [0, 0.05) is 11.4 Å². The van der Waals surface area contributed by atoms with E-state index in [0.717, 1.165) is 11.4 Å². The Balaban J connectivity index is 2.16. The lowest BCUT2D eigenvalue weighted by atomic mass is 9.78. The topological polar surface area (TPSA) is 12.0 Å². The normalized spacial score (nSPS) is 11.4. The molecule has 2 aromatic rings. The number of hydrogen-bond acceptors (Lipinski definition) is 1. The summed E-state index contributed by atoms with van der Waals surface area (Å²) >= 11 is 0. The number of rotatable bonds is 5. The SMILES string of the molecule is CCC(C)(CC)c1ccc(Nc2cccc(C)c2)cc1. The Bertz CT molecular complexity index is 550. The third kappa shape index (κ3) is 3.22. The number of anilines is 2. The van der Waals surface area contributed by atoms with Crippen LogP contribution >= 0.6 is 0 Å². The molecule has 0 aliphatic heterocycles. The summed E-state index contributed by atoms with van der Waals surface area (Å²) in [7, 11) is 0. The molecular formula is C19H25N. The van der Waals surface area contributed by atoms with Gasteiger partial charge in [0.2, 0.25) is 0 Å². The predicted molar refractivity (Wildman–Crippen MR) is 88.8 cm³/mol. The van der Waals surface area contributed by atoms with E-state index in [0.29, 0.717) is 5.41 Å². The molecule has 0 fully saturated rings. The third-order valence-electron chi connectivity index (χ3n) is 4.45. The van der Waals surface area contributed by atoms with E-state index in [4.69, 9.17) is 0 Å². The first-order valence-electron chi connectivity index (χ1n) is 7.51. The highest BCUT2D eigenvalue weighted by Crippen LogP contribution is 2.32. The highest BCUT2D eigenvalue weighted by Gasteiger charge is 2.21. The largest absolute Gasteiger partial charge is 0.356 e. The van der Waals surface area contributed by atoms with E-state index in [-0.39, 0.29) is 0 Å². The molecule has 0 spiro atoms. The Morgan fingerprint density at radius 2 is 1.55 bits per heavy atom. The fourth-order valence-electron chi connectivity index (χ4n) is 2.50. The highest BCUT2D eigenvalue weighted by atomic mass is 14.9. The molecule has 1 heteroatoms. The molecule has 0 heterocycles. The molecule has 106 valence electrons. The highest BCUT2D eigenvalue weighted by molar-refractivity contribution is 5.60. The summed E-state index contributed by atoms with van der Waals surface area (Å²) in [6, 6.07) is 17.3. The van der Waals surface area contributed by atoms with Crippen molar-refractivity contribution in [2.24, 2.45) is 0 Å². The van der Waals surface area contributed by atoms with Crippen LogP contribution in [0.25, 0.3) is 0 Å². The second-order valence-corrected chi connectivity index (χ2v) is 5.84. The first kappa shape index (κ1) is 14.6. The summed E-state index contributed by atoms with van der Waals surface area (Å²) in [6.07, 6.45) is 2.35. The quantitative estimate of drug-likeness (QED) is 0.720. The van der Waals surface area contributed by atoms with Crippen molar-refractivity contribution >= 4 is 11.4 Å². The predicted octanol–water partition coefficient (Wildman–Crippen LogP) is 5.82. The standard InChI is InChI=1S/C19H25N/c1-5-19(4,6-2)16-10-12-17(13-11-16)20-18-9-7-8-15(3)14-18/h7-14,20H,5-6H2,1-4H3. The molecule has 0 aromatic heterocycles. The van der Waals surface area contributed by atoms with Gasteiger partial charge >= 0.3 is 0 Å². The molecule has 2 aromatic carbocycles. The smallest absolute Gasteiger partial charge is 0.0386 e. The maximum atomic E-state index is 3.46. The van der Waals surface area contributed by atoms with E-state index in [2.05, 4.69) is 81.5 Å². The van der Waals surface area contributed by atoms with Crippen LogP contribution in [0.1, 0.15) is 44.7 Å². The van der Waals surface area contributed by atoms with Crippen molar-refractivity contribution < 1.29 is 0 Å². The zero-order chi connectivity index (χ0) is 14.6. The van der Waals surface area contributed by atoms with Gasteiger partial charge in [0.1, 0.15) is 0 Å². The maximum absolute atomic E-state index is 3.46. The lowest BCUT2D eigenvalue weighted by Gasteiger charge is -2.27. The maximum Gasteiger partial charge on any atom is 0.0386 e. The number of aryl methyl sites for hydroxylation is 1. The Morgan fingerprint density at radius 1 is 0.900 bits per heavy atom. The lowest BCUT2D eigenvalue weighted by Crippen LogP contribution is -2.19. The van der Waals surface area contributed by atoms with Crippen LogP contribution in [0.4, 0.5) is 11.4 Å². The monoisotopic (exact) mass is 267 g/mol. The molecule has 0 atom stereocenters. The zero-order valence-corrected chi connectivity index (χ0v) is 13.0. The average Bonchev–Trinajstić information content (AvgIpc) is 2.47. The van der Waals surface area contributed by atoms with Crippen LogP contribution in [-0.2, 0) is 5.41 Å². The van der Waals surface area contributed by atoms with Crippen LogP contribution in [0.5, 0.6) is 0 Å². The van der Waals surface area contributed by atoms with E-state index >= 15 is 0 Å². The van der Waals surface area contributed by atoms with Gasteiger partial charge < -0.3 is 5.32 Å². The zero-order valence-electron chi connectivity index (χ0n) is 13.0. The second kappa shape index (κ2) is 6.13. The van der Waals surface area contributed by atoms with Crippen LogP contribution < -0.4 is 5.32 Å². The van der Waals surface area contributed by atoms with Crippen molar-refractivity contribution in [2.45, 2.75) is 46.0 Å². The Labute approximate surface area is 123 Å². The van der Waals surface area contributed by atoms with Crippen molar-refractivity contribution in [1.29, 1.82) is 0 Å². The van der Waals surface area contributed by atoms with Crippen LogP contribution in [0.3, 0.4) is 0 Å². The van der Waals surface area contributed by atoms with E-state index in [1.807, 2.05) is 0 Å². The summed E-state index contributed by atoms with van der Waals surface area (Å²) in [5.41, 5.74) is 5.29. The Hall–Kier alpha value is -1.76. The van der Waals surface area contributed by atoms with Gasteiger partial charge in [-0.3, -0.25) is 0 Å². The lowest BCUT2D eigenvalue weighted by molar-refractivity contribution is 0.439. The van der Waals surface area contributed by atoms with E-state index in [1.165, 1.54) is 24.0 Å². The summed E-state index contributed by atoms with van der Waals surface area (Å²) < 4.78 is 0. The average molecular weight is 267 g/mol. The molecule has 1 nitrogen and oxygen atoms in total. The molecule has 0 unspecified atom stereocenters. The molecule has 20 heavy (non-hydrogen) atoms. The first-order chi connectivity index (χ1) is 9.57. The number of nitrogens with one attached hydrogen (secondary N) is 1. The van der Waals surface area contributed by atoms with E-state index in [9.17, 15) is 0 Å². The van der Waals surface area contributed by atoms with Gasteiger partial charge in [-0.15, -0.1) is 0 Å². The summed E-state index contributed by atoms with van der Waals surface area (Å²) in [6.45, 7) is 8.99. The van der Waals surface area contributed by atoms with Crippen molar-refractivity contribution in [1.82, 2.24) is 0 Å². The molecule has 0 saturated heterocycles. The van der Waals surface area contributed by atoms with Crippen LogP contribution in [0.2, 0.25) is 0 Å². The van der Waals surface area contributed by atoms with Gasteiger partial charge in [-0.2, -0.15) is 0 Å². The Morgan fingerprint density at radius 3 is 2.10 bits per heavy atom. The van der Waals surface area contributed by atoms with Crippen molar-refractivity contribution in [3.8, 4) is 0 Å². The van der Waals surface area contributed by atoms with Gasteiger partial charge in [0.05, 0.1) is 0 Å². The second-order valence-electron chi connectivity index (χ2n) is 5.84. The van der Waals surface area contributed by atoms with Crippen LogP contribution in [-0.4, -0.2) is 0 Å². The molecule has 0 bridgehead atoms. The fraction of sp³-hybridized carbons (Fsp3) is 0.368. The van der Waals surface area contributed by atoms with Crippen molar-refractivity contribution in [3.63, 3.8) is 0 Å². The summed E-state index contributed by atoms with van der Waals surface area (Å²) in [5, 5.41) is 3.46. The van der Waals surface area contributed by atoms with Crippen LogP contribution in [0.15, 0.2) is 48.5 Å². The first-order valence-corrected chi connectivity index (χ1v) is 7.51. The molecule has 1 N–H and O–H groups in total. The summed E-state index contributed by atoms with van der Waals surface area (Å²) in [5.74, 6) is 0. The van der Waals surface area contributed by atoms with Crippen LogP contribution in [0, 0.1) is 6.92 Å². The minimum atomic E-state index is 0.294. The van der Waals surface area contributed by atoms with Gasteiger partial charge in [-0.25, -0.2) is 0 Å². The van der Waals surface area contributed by atoms with Gasteiger partial charge in [0.25, 0.3) is 0 Å². The fourth-order valence-corrected chi connectivity index (χ4v) is 2.50. The molecule has 0 amide bonds. The van der Waals surface area contributed by atoms with Gasteiger partial charge in [-0.1, -0.05) is 45.0 Å². The molecule has 2 rings (SSSR count). The summed E-state index contributed by atoms with van der Waals surface area (Å²) in [4.78, 5) is 0. The van der Waals surface area contributed by atoms with E-state index in [1.54, 1.807) is 0 Å². The Kier molecular flexibility index (Phi) is 4.49. The minimum Gasteiger partial charge on any atom is -0.356 e.